The molecule has 0 aromatic carbocycles. The van der Waals surface area contributed by atoms with Gasteiger partial charge in [-0.15, -0.1) is 0 Å². The van der Waals surface area contributed by atoms with Crippen molar-refractivity contribution in [1.82, 2.24) is 4.98 Å². The van der Waals surface area contributed by atoms with E-state index in [0.29, 0.717) is 12.1 Å². The predicted molar refractivity (Wildman–Crippen MR) is 34.6 cm³/mol. The summed E-state index contributed by atoms with van der Waals surface area (Å²) >= 11 is 0. The Morgan fingerprint density at radius 3 is 2.38 bits per heavy atom. The first-order valence-corrected chi connectivity index (χ1v) is 3.13. The van der Waals surface area contributed by atoms with Crippen molar-refractivity contribution in [2.75, 3.05) is 0 Å². The van der Waals surface area contributed by atoms with Gasteiger partial charge in [-0.1, -0.05) is 0 Å². The monoisotopic (exact) mass is 193 g/mol. The Kier molecular flexibility index (Phi) is 2.31. The van der Waals surface area contributed by atoms with E-state index in [0.717, 1.165) is 0 Å². The maximum Gasteiger partial charge on any atom is 0.433 e. The van der Waals surface area contributed by atoms with Crippen LogP contribution in [0.3, 0.4) is 0 Å². The van der Waals surface area contributed by atoms with Crippen molar-refractivity contribution in [2.45, 2.75) is 6.18 Å². The van der Waals surface area contributed by atoms with Crippen molar-refractivity contribution >= 4 is 6.29 Å². The molecule has 1 aromatic rings. The Morgan fingerprint density at radius 2 is 1.92 bits per heavy atom. The molecule has 6 heteroatoms. The lowest BCUT2D eigenvalue weighted by molar-refractivity contribution is -0.141. The molecule has 0 amide bonds. The Hall–Kier alpha value is -1.46. The molecule has 0 saturated carbocycles. The van der Waals surface area contributed by atoms with Crippen molar-refractivity contribution in [2.24, 2.45) is 0 Å². The topological polar surface area (TPSA) is 30.0 Å². The summed E-state index contributed by atoms with van der Waals surface area (Å²) in [6.07, 6.45) is -4.61. The predicted octanol–water partition coefficient (Wildman–Crippen LogP) is 2.05. The van der Waals surface area contributed by atoms with Gasteiger partial charge in [0.2, 0.25) is 5.95 Å². The lowest BCUT2D eigenvalue weighted by Gasteiger charge is -2.05. The molecular weight excluding hydrogens is 190 g/mol. The van der Waals surface area contributed by atoms with Crippen molar-refractivity contribution in [3.05, 3.63) is 29.3 Å². The van der Waals surface area contributed by atoms with Gasteiger partial charge in [-0.05, 0) is 6.07 Å². The summed E-state index contributed by atoms with van der Waals surface area (Å²) in [5, 5.41) is 0. The van der Waals surface area contributed by atoms with E-state index in [1.165, 1.54) is 0 Å². The van der Waals surface area contributed by atoms with Crippen LogP contribution < -0.4 is 0 Å². The maximum atomic E-state index is 12.4. The van der Waals surface area contributed by atoms with Crippen LogP contribution in [0.15, 0.2) is 12.1 Å². The molecule has 70 valence electrons. The van der Waals surface area contributed by atoms with Crippen LogP contribution in [0.4, 0.5) is 17.6 Å². The highest BCUT2D eigenvalue weighted by Crippen LogP contribution is 2.27. The van der Waals surface area contributed by atoms with Crippen LogP contribution in [0.1, 0.15) is 16.1 Å². The fraction of sp³-hybridized carbons (Fsp3) is 0.143. The Labute approximate surface area is 70.2 Å². The fourth-order valence-corrected chi connectivity index (χ4v) is 0.730. The van der Waals surface area contributed by atoms with Crippen LogP contribution in [0.2, 0.25) is 0 Å². The van der Waals surface area contributed by atoms with E-state index in [2.05, 4.69) is 4.98 Å². The third kappa shape index (κ3) is 2.24. The van der Waals surface area contributed by atoms with E-state index in [1.807, 2.05) is 0 Å². The highest BCUT2D eigenvalue weighted by Gasteiger charge is 2.33. The molecular formula is C7H3F4NO. The standard InChI is InChI=1S/C7H3F4NO/c8-6-2-4(3-13)1-5(12-6)7(9,10)11/h1-3H. The second kappa shape index (κ2) is 3.12. The molecule has 0 radical (unpaired) electrons. The third-order valence-corrected chi connectivity index (χ3v) is 1.24. The van der Waals surface area contributed by atoms with Crippen LogP contribution in [0.5, 0.6) is 0 Å². The van der Waals surface area contributed by atoms with Crippen molar-refractivity contribution in [3.63, 3.8) is 0 Å². The number of halogens is 4. The Morgan fingerprint density at radius 1 is 1.31 bits per heavy atom. The number of nitrogens with zero attached hydrogens (tertiary/aromatic N) is 1. The Bertz CT molecular complexity index is 334. The SMILES string of the molecule is O=Cc1cc(F)nc(C(F)(F)F)c1. The summed E-state index contributed by atoms with van der Waals surface area (Å²) in [5.74, 6) is -1.32. The molecule has 0 saturated heterocycles. The molecule has 0 unspecified atom stereocenters. The van der Waals surface area contributed by atoms with Crippen molar-refractivity contribution < 1.29 is 22.4 Å². The molecule has 0 aliphatic heterocycles. The zero-order valence-corrected chi connectivity index (χ0v) is 6.10. The van der Waals surface area contributed by atoms with Crippen LogP contribution in [0, 0.1) is 5.95 Å². The van der Waals surface area contributed by atoms with Crippen LogP contribution in [0.25, 0.3) is 0 Å². The number of hydrogen-bond donors (Lipinski definition) is 0. The number of aldehydes is 1. The van der Waals surface area contributed by atoms with Crippen molar-refractivity contribution in [1.29, 1.82) is 0 Å². The van der Waals surface area contributed by atoms with Crippen molar-refractivity contribution in [3.8, 4) is 0 Å². The maximum absolute atomic E-state index is 12.4. The first-order chi connectivity index (χ1) is 5.93. The number of alkyl halides is 3. The van der Waals surface area contributed by atoms with E-state index in [4.69, 9.17) is 0 Å². The van der Waals surface area contributed by atoms with Gasteiger partial charge in [0.25, 0.3) is 0 Å². The first-order valence-electron chi connectivity index (χ1n) is 3.13. The van der Waals surface area contributed by atoms with Gasteiger partial charge >= 0.3 is 6.18 Å². The summed E-state index contributed by atoms with van der Waals surface area (Å²) in [4.78, 5) is 12.7. The van der Waals surface area contributed by atoms with E-state index >= 15 is 0 Å². The van der Waals surface area contributed by atoms with Gasteiger partial charge in [-0.3, -0.25) is 4.79 Å². The smallest absolute Gasteiger partial charge is 0.298 e. The summed E-state index contributed by atoms with van der Waals surface area (Å²) < 4.78 is 48.2. The lowest BCUT2D eigenvalue weighted by atomic mass is 10.2. The first kappa shape index (κ1) is 9.63. The molecule has 0 N–H and O–H groups in total. The average molecular weight is 193 g/mol. The minimum absolute atomic E-state index is 0.125. The van der Waals surface area contributed by atoms with Gasteiger partial charge in [0.05, 0.1) is 0 Å². The molecule has 13 heavy (non-hydrogen) atoms. The number of aromatic nitrogens is 1. The van der Waals surface area contributed by atoms with Gasteiger partial charge in [-0.25, -0.2) is 4.98 Å². The molecule has 0 fully saturated rings. The highest BCUT2D eigenvalue weighted by atomic mass is 19.4. The number of carbonyl (C=O) groups is 1. The van der Waals surface area contributed by atoms with Gasteiger partial charge in [0, 0.05) is 11.6 Å². The number of hydrogen-bond acceptors (Lipinski definition) is 2. The molecule has 0 bridgehead atoms. The fourth-order valence-electron chi connectivity index (χ4n) is 0.730. The molecule has 0 spiro atoms. The second-order valence-electron chi connectivity index (χ2n) is 2.22. The molecule has 1 aromatic heterocycles. The molecule has 1 heterocycles. The molecule has 0 aliphatic carbocycles. The number of rotatable bonds is 1. The Balaban J connectivity index is 3.24. The van der Waals surface area contributed by atoms with Gasteiger partial charge in [-0.2, -0.15) is 17.6 Å². The molecule has 1 rings (SSSR count). The minimum atomic E-state index is -4.74. The van der Waals surface area contributed by atoms with Gasteiger partial charge in [0.1, 0.15) is 12.0 Å². The number of carbonyl (C=O) groups excluding carboxylic acids is 1. The molecule has 0 aliphatic rings. The van der Waals surface area contributed by atoms with E-state index in [9.17, 15) is 22.4 Å². The molecule has 2 nitrogen and oxygen atoms in total. The van der Waals surface area contributed by atoms with Gasteiger partial charge < -0.3 is 0 Å². The summed E-state index contributed by atoms with van der Waals surface area (Å²) in [6.45, 7) is 0. The minimum Gasteiger partial charge on any atom is -0.298 e. The average Bonchev–Trinajstić information content (AvgIpc) is 2.01. The van der Waals surface area contributed by atoms with Crippen LogP contribution in [-0.2, 0) is 6.18 Å². The summed E-state index contributed by atoms with van der Waals surface area (Å²) in [5.41, 5.74) is -1.80. The van der Waals surface area contributed by atoms with E-state index in [1.54, 1.807) is 0 Å². The largest absolute Gasteiger partial charge is 0.433 e. The summed E-state index contributed by atoms with van der Waals surface area (Å²) in [6, 6.07) is 1.11. The van der Waals surface area contributed by atoms with E-state index in [-0.39, 0.29) is 11.8 Å². The zero-order valence-electron chi connectivity index (χ0n) is 6.10. The highest BCUT2D eigenvalue weighted by molar-refractivity contribution is 5.74. The quantitative estimate of drug-likeness (QED) is 0.388. The van der Waals surface area contributed by atoms with E-state index < -0.39 is 17.8 Å². The lowest BCUT2D eigenvalue weighted by Crippen LogP contribution is -2.09. The second-order valence-corrected chi connectivity index (χ2v) is 2.22. The molecule has 0 atom stereocenters. The van der Waals surface area contributed by atoms with Crippen LogP contribution in [-0.4, -0.2) is 11.3 Å². The third-order valence-electron chi connectivity index (χ3n) is 1.24. The summed E-state index contributed by atoms with van der Waals surface area (Å²) in [7, 11) is 0. The number of pyridine rings is 1. The van der Waals surface area contributed by atoms with Gasteiger partial charge in [0.15, 0.2) is 0 Å². The normalized spacial score (nSPS) is 11.4. The van der Waals surface area contributed by atoms with Crippen LogP contribution >= 0.6 is 0 Å². The zero-order chi connectivity index (χ0) is 10.1.